The highest BCUT2D eigenvalue weighted by Gasteiger charge is 2.34. The van der Waals surface area contributed by atoms with E-state index in [1.807, 2.05) is 4.90 Å². The Bertz CT molecular complexity index is 1130. The summed E-state index contributed by atoms with van der Waals surface area (Å²) < 4.78 is 84.4. The Morgan fingerprint density at radius 2 is 1.55 bits per heavy atom. The SMILES string of the molecule is CONc1ccc(NC2CCN(C(=O)COC3CCN(c4ccc(C(F)(F)F)cc4)CC3)CC2)cc1C(F)(F)F. The third kappa shape index (κ3) is 7.72. The van der Waals surface area contributed by atoms with E-state index in [0.717, 1.165) is 23.9 Å². The molecule has 2 aromatic rings. The van der Waals surface area contributed by atoms with Crippen LogP contribution in [0, 0.1) is 0 Å². The molecule has 0 atom stereocenters. The number of ether oxygens (including phenoxy) is 1. The molecule has 2 aliphatic rings. The lowest BCUT2D eigenvalue weighted by molar-refractivity contribution is -0.140. The summed E-state index contributed by atoms with van der Waals surface area (Å²) in [4.78, 5) is 21.0. The summed E-state index contributed by atoms with van der Waals surface area (Å²) in [7, 11) is 1.24. The van der Waals surface area contributed by atoms with E-state index in [-0.39, 0.29) is 30.3 Å². The van der Waals surface area contributed by atoms with Gasteiger partial charge in [-0.3, -0.25) is 15.1 Å². The standard InChI is InChI=1S/C27H32F6N4O3/c1-39-35-24-7-4-20(16-23(24)27(31,32)33)34-19-8-12-37(13-9-19)25(38)17-40-22-10-14-36(15-11-22)21-5-2-18(3-6-21)26(28,29)30/h2-7,16,19,22,34-35H,8-15,17H2,1H3. The number of rotatable bonds is 8. The zero-order chi connectivity index (χ0) is 28.9. The number of carbonyl (C=O) groups excluding carboxylic acids is 1. The number of hydrogen-bond acceptors (Lipinski definition) is 6. The summed E-state index contributed by atoms with van der Waals surface area (Å²) >= 11 is 0. The zero-order valence-electron chi connectivity index (χ0n) is 21.9. The first kappa shape index (κ1) is 29.8. The quantitative estimate of drug-likeness (QED) is 0.308. The first-order valence-corrected chi connectivity index (χ1v) is 13.0. The van der Waals surface area contributed by atoms with Crippen LogP contribution >= 0.6 is 0 Å². The molecule has 0 saturated carbocycles. The van der Waals surface area contributed by atoms with Gasteiger partial charge in [0.15, 0.2) is 0 Å². The molecule has 0 spiro atoms. The molecule has 2 heterocycles. The number of nitrogens with zero attached hydrogens (tertiary/aromatic N) is 2. The van der Waals surface area contributed by atoms with Crippen molar-refractivity contribution in [3.05, 3.63) is 53.6 Å². The number of hydrogen-bond donors (Lipinski definition) is 2. The van der Waals surface area contributed by atoms with Gasteiger partial charge in [-0.15, -0.1) is 0 Å². The maximum Gasteiger partial charge on any atom is 0.418 e. The van der Waals surface area contributed by atoms with Crippen molar-refractivity contribution in [2.45, 2.75) is 50.2 Å². The van der Waals surface area contributed by atoms with E-state index in [4.69, 9.17) is 4.74 Å². The largest absolute Gasteiger partial charge is 0.418 e. The molecule has 2 aliphatic heterocycles. The average molecular weight is 575 g/mol. The van der Waals surface area contributed by atoms with Gasteiger partial charge in [-0.2, -0.15) is 26.3 Å². The van der Waals surface area contributed by atoms with Crippen molar-refractivity contribution < 1.29 is 40.7 Å². The van der Waals surface area contributed by atoms with Crippen LogP contribution in [-0.2, 0) is 26.7 Å². The average Bonchev–Trinajstić information content (AvgIpc) is 2.92. The van der Waals surface area contributed by atoms with Gasteiger partial charge in [0.2, 0.25) is 5.91 Å². The van der Waals surface area contributed by atoms with Crippen molar-refractivity contribution in [3.8, 4) is 0 Å². The van der Waals surface area contributed by atoms with Gasteiger partial charge in [0.05, 0.1) is 30.0 Å². The van der Waals surface area contributed by atoms with Crippen molar-refractivity contribution in [2.24, 2.45) is 0 Å². The third-order valence-electron chi connectivity index (χ3n) is 7.20. The summed E-state index contributed by atoms with van der Waals surface area (Å²) in [6, 6.07) is 8.89. The fraction of sp³-hybridized carbons (Fsp3) is 0.519. The molecule has 7 nitrogen and oxygen atoms in total. The zero-order valence-corrected chi connectivity index (χ0v) is 21.9. The van der Waals surface area contributed by atoms with Crippen molar-refractivity contribution in [3.63, 3.8) is 0 Å². The van der Waals surface area contributed by atoms with Gasteiger partial charge in [-0.05, 0) is 68.1 Å². The molecule has 2 saturated heterocycles. The van der Waals surface area contributed by atoms with Crippen LogP contribution in [-0.4, -0.2) is 62.8 Å². The van der Waals surface area contributed by atoms with E-state index in [1.54, 1.807) is 11.0 Å². The molecule has 0 aliphatic carbocycles. The number of halogens is 6. The molecular formula is C27H32F6N4O3. The van der Waals surface area contributed by atoms with Crippen LogP contribution in [0.15, 0.2) is 42.5 Å². The Labute approximate surface area is 228 Å². The molecule has 0 unspecified atom stereocenters. The molecule has 13 heteroatoms. The molecular weight excluding hydrogens is 542 g/mol. The Balaban J connectivity index is 1.19. The fourth-order valence-electron chi connectivity index (χ4n) is 5.00. The summed E-state index contributed by atoms with van der Waals surface area (Å²) in [6.07, 6.45) is -6.57. The molecule has 0 bridgehead atoms. The molecule has 2 N–H and O–H groups in total. The topological polar surface area (TPSA) is 66.1 Å². The van der Waals surface area contributed by atoms with E-state index in [0.29, 0.717) is 57.5 Å². The number of likely N-dealkylation sites (tertiary alicyclic amines) is 1. The second-order valence-corrected chi connectivity index (χ2v) is 9.91. The Hall–Kier alpha value is -3.19. The van der Waals surface area contributed by atoms with E-state index in [9.17, 15) is 31.1 Å². The number of nitrogens with one attached hydrogen (secondary N) is 2. The summed E-state index contributed by atoms with van der Waals surface area (Å²) in [5.74, 6) is -0.141. The highest BCUT2D eigenvalue weighted by Crippen LogP contribution is 2.37. The van der Waals surface area contributed by atoms with Gasteiger partial charge in [-0.1, -0.05) is 0 Å². The lowest BCUT2D eigenvalue weighted by Gasteiger charge is -2.35. The summed E-state index contributed by atoms with van der Waals surface area (Å²) in [5, 5.41) is 3.14. The maximum absolute atomic E-state index is 13.4. The van der Waals surface area contributed by atoms with Crippen LogP contribution in [0.4, 0.5) is 43.4 Å². The van der Waals surface area contributed by atoms with Gasteiger partial charge in [0, 0.05) is 43.6 Å². The predicted molar refractivity (Wildman–Crippen MR) is 138 cm³/mol. The number of amides is 1. The van der Waals surface area contributed by atoms with E-state index in [1.165, 1.54) is 25.3 Å². The molecule has 220 valence electrons. The van der Waals surface area contributed by atoms with Crippen LogP contribution in [0.5, 0.6) is 0 Å². The molecule has 4 rings (SSSR count). The van der Waals surface area contributed by atoms with Crippen LogP contribution in [0.1, 0.15) is 36.8 Å². The van der Waals surface area contributed by atoms with Gasteiger partial charge in [0.1, 0.15) is 6.61 Å². The molecule has 2 aromatic carbocycles. The van der Waals surface area contributed by atoms with Crippen LogP contribution in [0.2, 0.25) is 0 Å². The third-order valence-corrected chi connectivity index (χ3v) is 7.20. The Morgan fingerprint density at radius 1 is 0.900 bits per heavy atom. The summed E-state index contributed by atoms with van der Waals surface area (Å²) in [6.45, 7) is 2.08. The molecule has 1 amide bonds. The monoisotopic (exact) mass is 574 g/mol. The first-order valence-electron chi connectivity index (χ1n) is 13.0. The van der Waals surface area contributed by atoms with Crippen molar-refractivity contribution in [2.75, 3.05) is 55.6 Å². The first-order chi connectivity index (χ1) is 18.9. The van der Waals surface area contributed by atoms with E-state index >= 15 is 0 Å². The Kier molecular flexibility index (Phi) is 9.34. The van der Waals surface area contributed by atoms with Gasteiger partial charge in [-0.25, -0.2) is 0 Å². The van der Waals surface area contributed by atoms with E-state index in [2.05, 4.69) is 15.6 Å². The number of piperidine rings is 2. The fourth-order valence-corrected chi connectivity index (χ4v) is 5.00. The highest BCUT2D eigenvalue weighted by molar-refractivity contribution is 5.77. The smallest absolute Gasteiger partial charge is 0.382 e. The lowest BCUT2D eigenvalue weighted by Crippen LogP contribution is -2.45. The molecule has 2 fully saturated rings. The molecule has 40 heavy (non-hydrogen) atoms. The van der Waals surface area contributed by atoms with Crippen molar-refractivity contribution in [1.29, 1.82) is 0 Å². The number of anilines is 3. The van der Waals surface area contributed by atoms with Crippen LogP contribution < -0.4 is 15.7 Å². The predicted octanol–water partition coefficient (Wildman–Crippen LogP) is 5.79. The van der Waals surface area contributed by atoms with Crippen LogP contribution in [0.3, 0.4) is 0 Å². The second kappa shape index (κ2) is 12.5. The van der Waals surface area contributed by atoms with Crippen molar-refractivity contribution in [1.82, 2.24) is 4.90 Å². The number of carbonyl (C=O) groups is 1. The molecule has 0 radical (unpaired) electrons. The highest BCUT2D eigenvalue weighted by atomic mass is 19.4. The number of benzene rings is 2. The Morgan fingerprint density at radius 3 is 2.12 bits per heavy atom. The van der Waals surface area contributed by atoms with Crippen molar-refractivity contribution >= 4 is 23.0 Å². The second-order valence-electron chi connectivity index (χ2n) is 9.91. The van der Waals surface area contributed by atoms with Crippen LogP contribution in [0.25, 0.3) is 0 Å². The van der Waals surface area contributed by atoms with E-state index < -0.39 is 23.5 Å². The normalized spacial score (nSPS) is 17.7. The van der Waals surface area contributed by atoms with Gasteiger partial charge in [0.25, 0.3) is 0 Å². The van der Waals surface area contributed by atoms with Gasteiger partial charge >= 0.3 is 12.4 Å². The maximum atomic E-state index is 13.4. The van der Waals surface area contributed by atoms with Gasteiger partial charge < -0.3 is 19.9 Å². The molecule has 0 aromatic heterocycles. The number of alkyl halides is 6. The minimum Gasteiger partial charge on any atom is -0.382 e. The lowest BCUT2D eigenvalue weighted by atomic mass is 10.0. The summed E-state index contributed by atoms with van der Waals surface area (Å²) in [5.41, 5.74) is 1.60. The minimum atomic E-state index is -4.55. The minimum absolute atomic E-state index is 0.0635.